The van der Waals surface area contributed by atoms with Gasteiger partial charge in [0.15, 0.2) is 0 Å². The molecular formula is C15H15O2S. The van der Waals surface area contributed by atoms with Crippen LogP contribution in [-0.2, 0) is 16.3 Å². The van der Waals surface area contributed by atoms with Gasteiger partial charge in [-0.05, 0) is 42.7 Å². The molecule has 0 unspecified atom stereocenters. The summed E-state index contributed by atoms with van der Waals surface area (Å²) in [5, 5.41) is 0. The van der Waals surface area contributed by atoms with E-state index in [9.17, 15) is 8.42 Å². The topological polar surface area (TPSA) is 34.1 Å². The molecule has 0 aliphatic heterocycles. The highest BCUT2D eigenvalue weighted by molar-refractivity contribution is 7.91. The molecule has 0 spiro atoms. The lowest BCUT2D eigenvalue weighted by atomic mass is 10.2. The summed E-state index contributed by atoms with van der Waals surface area (Å²) in [5.74, 6) is 0. The van der Waals surface area contributed by atoms with E-state index in [2.05, 4.69) is 6.07 Å². The van der Waals surface area contributed by atoms with Crippen LogP contribution in [0.3, 0.4) is 0 Å². The van der Waals surface area contributed by atoms with Gasteiger partial charge in [0.2, 0.25) is 9.84 Å². The summed E-state index contributed by atoms with van der Waals surface area (Å²) in [7, 11) is -3.44. The van der Waals surface area contributed by atoms with Crippen molar-refractivity contribution in [1.29, 1.82) is 0 Å². The molecule has 0 N–H and O–H groups in total. The Morgan fingerprint density at radius 2 is 1.83 bits per heavy atom. The van der Waals surface area contributed by atoms with Crippen molar-refractivity contribution in [2.75, 3.05) is 0 Å². The Labute approximate surface area is 108 Å². The van der Waals surface area contributed by atoms with Gasteiger partial charge in [-0.1, -0.05) is 37.3 Å². The molecule has 0 aliphatic rings. The third-order valence-corrected chi connectivity index (χ3v) is 4.96. The first-order valence-corrected chi connectivity index (χ1v) is 7.35. The third-order valence-electron chi connectivity index (χ3n) is 2.97. The molecule has 2 nitrogen and oxygen atoms in total. The maximum absolute atomic E-state index is 12.6. The van der Waals surface area contributed by atoms with Crippen LogP contribution in [0.5, 0.6) is 0 Å². The largest absolute Gasteiger partial charge is 0.218 e. The van der Waals surface area contributed by atoms with E-state index in [0.29, 0.717) is 16.2 Å². The summed E-state index contributed by atoms with van der Waals surface area (Å²) < 4.78 is 25.2. The van der Waals surface area contributed by atoms with Gasteiger partial charge in [-0.25, -0.2) is 8.42 Å². The first-order chi connectivity index (χ1) is 8.57. The van der Waals surface area contributed by atoms with Crippen LogP contribution in [0, 0.1) is 13.0 Å². The van der Waals surface area contributed by atoms with Crippen molar-refractivity contribution in [3.63, 3.8) is 0 Å². The van der Waals surface area contributed by atoms with Gasteiger partial charge >= 0.3 is 0 Å². The van der Waals surface area contributed by atoms with Crippen LogP contribution < -0.4 is 0 Å². The molecule has 0 heterocycles. The normalized spacial score (nSPS) is 11.4. The van der Waals surface area contributed by atoms with Gasteiger partial charge in [0.25, 0.3) is 0 Å². The minimum atomic E-state index is -3.44. The number of rotatable bonds is 3. The summed E-state index contributed by atoms with van der Waals surface area (Å²) >= 11 is 0. The molecule has 0 aromatic heterocycles. The number of hydrogen-bond acceptors (Lipinski definition) is 2. The van der Waals surface area contributed by atoms with Crippen molar-refractivity contribution in [3.05, 3.63) is 59.7 Å². The van der Waals surface area contributed by atoms with Crippen LogP contribution in [0.25, 0.3) is 0 Å². The molecule has 0 saturated heterocycles. The molecule has 0 atom stereocenters. The van der Waals surface area contributed by atoms with E-state index in [-0.39, 0.29) is 0 Å². The summed E-state index contributed by atoms with van der Waals surface area (Å²) in [4.78, 5) is 0.737. The fourth-order valence-corrected chi connectivity index (χ4v) is 3.73. The molecule has 0 bridgehead atoms. The molecule has 2 rings (SSSR count). The van der Waals surface area contributed by atoms with Crippen molar-refractivity contribution in [2.24, 2.45) is 0 Å². The average molecular weight is 259 g/mol. The van der Waals surface area contributed by atoms with Gasteiger partial charge in [-0.3, -0.25) is 0 Å². The lowest BCUT2D eigenvalue weighted by molar-refractivity contribution is 0.594. The molecule has 2 aromatic rings. The maximum atomic E-state index is 12.6. The van der Waals surface area contributed by atoms with Crippen LogP contribution >= 0.6 is 0 Å². The monoisotopic (exact) mass is 259 g/mol. The Kier molecular flexibility index (Phi) is 3.53. The van der Waals surface area contributed by atoms with Crippen molar-refractivity contribution < 1.29 is 8.42 Å². The zero-order valence-corrected chi connectivity index (χ0v) is 11.3. The average Bonchev–Trinajstić information content (AvgIpc) is 2.39. The van der Waals surface area contributed by atoms with Crippen LogP contribution in [0.1, 0.15) is 18.1 Å². The smallest absolute Gasteiger partial charge is 0.207 e. The van der Waals surface area contributed by atoms with E-state index >= 15 is 0 Å². The molecule has 93 valence electrons. The predicted molar refractivity (Wildman–Crippen MR) is 71.3 cm³/mol. The quantitative estimate of drug-likeness (QED) is 0.848. The van der Waals surface area contributed by atoms with E-state index in [0.717, 1.165) is 11.1 Å². The minimum absolute atomic E-state index is 0.363. The van der Waals surface area contributed by atoms with Crippen molar-refractivity contribution >= 4 is 9.84 Å². The van der Waals surface area contributed by atoms with Gasteiger partial charge in [0, 0.05) is 0 Å². The summed E-state index contributed by atoms with van der Waals surface area (Å²) in [5.41, 5.74) is 1.60. The van der Waals surface area contributed by atoms with Gasteiger partial charge < -0.3 is 0 Å². The van der Waals surface area contributed by atoms with E-state index in [1.54, 1.807) is 24.3 Å². The first kappa shape index (κ1) is 12.8. The zero-order valence-electron chi connectivity index (χ0n) is 10.5. The van der Waals surface area contributed by atoms with Crippen LogP contribution in [0.15, 0.2) is 52.3 Å². The molecule has 18 heavy (non-hydrogen) atoms. The number of benzene rings is 2. The first-order valence-electron chi connectivity index (χ1n) is 5.87. The van der Waals surface area contributed by atoms with E-state index in [4.69, 9.17) is 0 Å². The molecule has 0 saturated carbocycles. The van der Waals surface area contributed by atoms with E-state index in [1.165, 1.54) is 0 Å². The predicted octanol–water partition coefficient (Wildman–Crippen LogP) is 3.19. The second kappa shape index (κ2) is 4.94. The molecule has 1 radical (unpaired) electrons. The number of aryl methyl sites for hydroxylation is 2. The molecule has 0 fully saturated rings. The van der Waals surface area contributed by atoms with Crippen molar-refractivity contribution in [2.45, 2.75) is 30.1 Å². The van der Waals surface area contributed by atoms with E-state index in [1.807, 2.05) is 32.0 Å². The summed E-state index contributed by atoms with van der Waals surface area (Å²) in [6.45, 7) is 3.76. The van der Waals surface area contributed by atoms with Crippen LogP contribution in [-0.4, -0.2) is 8.42 Å². The number of sulfone groups is 1. The van der Waals surface area contributed by atoms with Crippen molar-refractivity contribution in [1.82, 2.24) is 0 Å². The second-order valence-corrected chi connectivity index (χ2v) is 6.04. The molecule has 3 heteroatoms. The summed E-state index contributed by atoms with van der Waals surface area (Å²) in [6.07, 6.45) is 0.690. The van der Waals surface area contributed by atoms with Crippen LogP contribution in [0.2, 0.25) is 0 Å². The Balaban J connectivity index is 2.66. The van der Waals surface area contributed by atoms with Gasteiger partial charge in [-0.2, -0.15) is 0 Å². The minimum Gasteiger partial charge on any atom is -0.218 e. The fraction of sp³-hybridized carbons (Fsp3) is 0.200. The van der Waals surface area contributed by atoms with Gasteiger partial charge in [0.05, 0.1) is 9.79 Å². The third kappa shape index (κ3) is 2.18. The lowest BCUT2D eigenvalue weighted by Crippen LogP contribution is -2.06. The number of hydrogen-bond donors (Lipinski definition) is 0. The molecule has 2 aromatic carbocycles. The summed E-state index contributed by atoms with van der Waals surface area (Å²) in [6, 6.07) is 15.0. The lowest BCUT2D eigenvalue weighted by Gasteiger charge is -2.10. The standard InChI is InChI=1S/C15H15O2S/c1-3-13-9-5-7-11-15(13)18(16,17)14-10-6-4-8-12(14)2/h4-6,8-11H,3H2,1-2H3. The van der Waals surface area contributed by atoms with Crippen LogP contribution in [0.4, 0.5) is 0 Å². The zero-order chi connectivity index (χ0) is 13.2. The molecular weight excluding hydrogens is 244 g/mol. The Morgan fingerprint density at radius 3 is 2.50 bits per heavy atom. The SMILES string of the molecule is CCc1cc[c]cc1S(=O)(=O)c1ccccc1C. The Hall–Kier alpha value is -1.61. The van der Waals surface area contributed by atoms with Crippen molar-refractivity contribution in [3.8, 4) is 0 Å². The highest BCUT2D eigenvalue weighted by Gasteiger charge is 2.21. The van der Waals surface area contributed by atoms with E-state index < -0.39 is 9.84 Å². The highest BCUT2D eigenvalue weighted by Crippen LogP contribution is 2.26. The Bertz CT molecular complexity index is 658. The molecule has 0 amide bonds. The Morgan fingerprint density at radius 1 is 1.11 bits per heavy atom. The highest BCUT2D eigenvalue weighted by atomic mass is 32.2. The van der Waals surface area contributed by atoms with Gasteiger partial charge in [-0.15, -0.1) is 0 Å². The van der Waals surface area contributed by atoms with Gasteiger partial charge in [0.1, 0.15) is 0 Å². The fourth-order valence-electron chi connectivity index (χ4n) is 1.97. The molecule has 0 aliphatic carbocycles. The maximum Gasteiger partial charge on any atom is 0.207 e. The second-order valence-electron chi connectivity index (χ2n) is 4.16.